The molecule has 0 saturated carbocycles. The molecule has 1 aliphatic rings. The standard InChI is InChI=1S/C10H10OSe/c1-11-10-7-6-8-4-2-3-5-9(8)12-10/h2-7,10H,1H3. The van der Waals surface area contributed by atoms with Crippen LogP contribution in [0, 0.1) is 0 Å². The van der Waals surface area contributed by atoms with E-state index >= 15 is 0 Å². The second-order valence-corrected chi connectivity index (χ2v) is 5.01. The van der Waals surface area contributed by atoms with Gasteiger partial charge in [-0.25, -0.2) is 0 Å². The van der Waals surface area contributed by atoms with Crippen LogP contribution in [0.4, 0.5) is 0 Å². The van der Waals surface area contributed by atoms with Gasteiger partial charge < -0.3 is 0 Å². The second-order valence-electron chi connectivity index (χ2n) is 2.62. The Kier molecular flexibility index (Phi) is 2.31. The monoisotopic (exact) mass is 226 g/mol. The fraction of sp³-hybridized carbons (Fsp3) is 0.200. The van der Waals surface area contributed by atoms with Crippen molar-refractivity contribution in [2.24, 2.45) is 0 Å². The van der Waals surface area contributed by atoms with Gasteiger partial charge in [0.2, 0.25) is 0 Å². The third-order valence-electron chi connectivity index (χ3n) is 1.83. The van der Waals surface area contributed by atoms with Crippen molar-refractivity contribution >= 4 is 25.5 Å². The molecule has 0 amide bonds. The molecule has 1 heterocycles. The Morgan fingerprint density at radius 1 is 1.33 bits per heavy atom. The minimum absolute atomic E-state index is 0.326. The van der Waals surface area contributed by atoms with Crippen LogP contribution in [0.25, 0.3) is 6.08 Å². The average molecular weight is 225 g/mol. The SMILES string of the molecule is COC1C=Cc2ccccc2[Se]1. The number of ether oxygens (including phenoxy) is 1. The van der Waals surface area contributed by atoms with Crippen molar-refractivity contribution in [2.75, 3.05) is 7.11 Å². The van der Waals surface area contributed by atoms with Crippen LogP contribution in [0.3, 0.4) is 0 Å². The van der Waals surface area contributed by atoms with Gasteiger partial charge >= 0.3 is 78.2 Å². The first-order valence-electron chi connectivity index (χ1n) is 3.87. The summed E-state index contributed by atoms with van der Waals surface area (Å²) in [5.41, 5.74) is 1.35. The topological polar surface area (TPSA) is 9.23 Å². The van der Waals surface area contributed by atoms with Gasteiger partial charge in [-0.1, -0.05) is 0 Å². The summed E-state index contributed by atoms with van der Waals surface area (Å²) in [6.07, 6.45) is 4.29. The summed E-state index contributed by atoms with van der Waals surface area (Å²) in [7, 11) is 1.77. The van der Waals surface area contributed by atoms with Gasteiger partial charge in [0, 0.05) is 0 Å². The molecule has 12 heavy (non-hydrogen) atoms. The summed E-state index contributed by atoms with van der Waals surface area (Å²) in [5.74, 6) is 0. The molecule has 2 rings (SSSR count). The zero-order valence-electron chi connectivity index (χ0n) is 6.86. The van der Waals surface area contributed by atoms with Gasteiger partial charge in [-0.05, 0) is 0 Å². The van der Waals surface area contributed by atoms with Gasteiger partial charge in [-0.2, -0.15) is 0 Å². The van der Waals surface area contributed by atoms with Crippen molar-refractivity contribution in [1.29, 1.82) is 0 Å². The van der Waals surface area contributed by atoms with Crippen molar-refractivity contribution in [3.8, 4) is 0 Å². The molecule has 2 heteroatoms. The quantitative estimate of drug-likeness (QED) is 0.648. The van der Waals surface area contributed by atoms with Gasteiger partial charge in [0.15, 0.2) is 0 Å². The van der Waals surface area contributed by atoms with Gasteiger partial charge in [0.05, 0.1) is 0 Å². The number of hydrogen-bond acceptors (Lipinski definition) is 1. The van der Waals surface area contributed by atoms with Crippen molar-refractivity contribution in [1.82, 2.24) is 0 Å². The van der Waals surface area contributed by atoms with Crippen LogP contribution < -0.4 is 4.46 Å². The predicted molar refractivity (Wildman–Crippen MR) is 51.7 cm³/mol. The molecule has 0 bridgehead atoms. The summed E-state index contributed by atoms with van der Waals surface area (Å²) < 4.78 is 6.73. The van der Waals surface area contributed by atoms with E-state index in [0.717, 1.165) is 0 Å². The molecule has 0 N–H and O–H groups in total. The Balaban J connectivity index is 2.33. The molecule has 1 unspecified atom stereocenters. The molecule has 0 saturated heterocycles. The van der Waals surface area contributed by atoms with Crippen molar-refractivity contribution in [3.63, 3.8) is 0 Å². The maximum absolute atomic E-state index is 5.29. The number of methoxy groups -OCH3 is 1. The third kappa shape index (κ3) is 1.46. The predicted octanol–water partition coefficient (Wildman–Crippen LogP) is 1.02. The fourth-order valence-electron chi connectivity index (χ4n) is 1.20. The Morgan fingerprint density at radius 2 is 2.17 bits per heavy atom. The first-order chi connectivity index (χ1) is 5.90. The summed E-state index contributed by atoms with van der Waals surface area (Å²) in [6, 6.07) is 8.50. The molecule has 0 aromatic heterocycles. The van der Waals surface area contributed by atoms with E-state index in [1.807, 2.05) is 0 Å². The molecule has 1 nitrogen and oxygen atoms in total. The van der Waals surface area contributed by atoms with Gasteiger partial charge in [-0.3, -0.25) is 0 Å². The van der Waals surface area contributed by atoms with E-state index in [1.54, 1.807) is 7.11 Å². The summed E-state index contributed by atoms with van der Waals surface area (Å²) in [6.45, 7) is 0. The molecular weight excluding hydrogens is 215 g/mol. The molecular formula is C10H10OSe. The summed E-state index contributed by atoms with van der Waals surface area (Å²) in [4.78, 5) is 0. The summed E-state index contributed by atoms with van der Waals surface area (Å²) in [5, 5.41) is 0.326. The number of fused-ring (bicyclic) bond motifs is 1. The summed E-state index contributed by atoms with van der Waals surface area (Å²) >= 11 is 0.445. The second kappa shape index (κ2) is 3.44. The van der Waals surface area contributed by atoms with Crippen LogP contribution in [-0.4, -0.2) is 27.1 Å². The van der Waals surface area contributed by atoms with E-state index in [2.05, 4.69) is 36.4 Å². The molecule has 62 valence electrons. The van der Waals surface area contributed by atoms with E-state index in [4.69, 9.17) is 4.74 Å². The molecule has 0 radical (unpaired) electrons. The first-order valence-corrected chi connectivity index (χ1v) is 5.71. The molecule has 1 atom stereocenters. The van der Waals surface area contributed by atoms with Gasteiger partial charge in [0.1, 0.15) is 0 Å². The van der Waals surface area contributed by atoms with Crippen LogP contribution in [0.2, 0.25) is 0 Å². The van der Waals surface area contributed by atoms with Gasteiger partial charge in [0.25, 0.3) is 0 Å². The molecule has 1 aromatic rings. The van der Waals surface area contributed by atoms with Crippen LogP contribution in [0.15, 0.2) is 30.3 Å². The normalized spacial score (nSPS) is 20.6. The minimum atomic E-state index is 0.326. The average Bonchev–Trinajstić information content (AvgIpc) is 2.17. The molecule has 1 aliphatic heterocycles. The Bertz CT molecular complexity index is 306. The zero-order chi connectivity index (χ0) is 8.39. The maximum atomic E-state index is 5.29. The Labute approximate surface area is 78.6 Å². The van der Waals surface area contributed by atoms with Crippen LogP contribution >= 0.6 is 0 Å². The molecule has 1 aromatic carbocycles. The fourth-order valence-corrected chi connectivity index (χ4v) is 3.16. The number of benzene rings is 1. The zero-order valence-corrected chi connectivity index (χ0v) is 8.57. The van der Waals surface area contributed by atoms with Crippen LogP contribution in [0.5, 0.6) is 0 Å². The van der Waals surface area contributed by atoms with Crippen molar-refractivity contribution in [3.05, 3.63) is 35.9 Å². The number of hydrogen-bond donors (Lipinski definition) is 0. The molecule has 0 spiro atoms. The van der Waals surface area contributed by atoms with Gasteiger partial charge in [-0.15, -0.1) is 0 Å². The van der Waals surface area contributed by atoms with Crippen molar-refractivity contribution in [2.45, 2.75) is 5.00 Å². The first kappa shape index (κ1) is 8.06. The molecule has 0 aliphatic carbocycles. The van der Waals surface area contributed by atoms with E-state index in [-0.39, 0.29) is 0 Å². The van der Waals surface area contributed by atoms with Crippen LogP contribution in [-0.2, 0) is 4.74 Å². The number of rotatable bonds is 1. The van der Waals surface area contributed by atoms with Crippen LogP contribution in [0.1, 0.15) is 5.56 Å². The Hall–Kier alpha value is -0.561. The van der Waals surface area contributed by atoms with Crippen molar-refractivity contribution < 1.29 is 4.74 Å². The Morgan fingerprint density at radius 3 is 3.00 bits per heavy atom. The van der Waals surface area contributed by atoms with E-state index < -0.39 is 0 Å². The van der Waals surface area contributed by atoms with E-state index in [0.29, 0.717) is 20.0 Å². The van der Waals surface area contributed by atoms with E-state index in [1.165, 1.54) is 10.0 Å². The van der Waals surface area contributed by atoms with E-state index in [9.17, 15) is 0 Å². The third-order valence-corrected chi connectivity index (χ3v) is 4.36. The molecule has 0 fully saturated rings.